The molecular weight excluding hydrogens is 285 g/mol. The molecule has 0 saturated carbocycles. The largest absolute Gasteiger partial charge is 0.480 e. The summed E-state index contributed by atoms with van der Waals surface area (Å²) in [6, 6.07) is 12.7. The maximum absolute atomic E-state index is 12.9. The molecule has 0 aliphatic rings. The highest BCUT2D eigenvalue weighted by Crippen LogP contribution is 2.24. The van der Waals surface area contributed by atoms with Crippen molar-refractivity contribution < 1.29 is 19.1 Å². The molecule has 0 aromatic heterocycles. The SMILES string of the molecule is CN(C)C(=O)C(C(=O)O)c1ccc(-c2ccc(F)cc2)cc1. The van der Waals surface area contributed by atoms with Crippen molar-refractivity contribution in [2.75, 3.05) is 14.1 Å². The summed E-state index contributed by atoms with van der Waals surface area (Å²) >= 11 is 0. The topological polar surface area (TPSA) is 57.6 Å². The molecule has 0 spiro atoms. The molecule has 4 nitrogen and oxygen atoms in total. The molecule has 5 heteroatoms. The average molecular weight is 301 g/mol. The zero-order valence-electron chi connectivity index (χ0n) is 12.3. The first-order chi connectivity index (χ1) is 10.4. The Morgan fingerprint density at radius 1 is 0.955 bits per heavy atom. The van der Waals surface area contributed by atoms with Gasteiger partial charge in [-0.1, -0.05) is 36.4 Å². The summed E-state index contributed by atoms with van der Waals surface area (Å²) in [6.45, 7) is 0. The van der Waals surface area contributed by atoms with E-state index < -0.39 is 17.8 Å². The smallest absolute Gasteiger partial charge is 0.320 e. The van der Waals surface area contributed by atoms with Crippen molar-refractivity contribution in [2.45, 2.75) is 5.92 Å². The summed E-state index contributed by atoms with van der Waals surface area (Å²) in [5.41, 5.74) is 2.06. The normalized spacial score (nSPS) is 11.8. The van der Waals surface area contributed by atoms with Gasteiger partial charge in [-0.3, -0.25) is 9.59 Å². The van der Waals surface area contributed by atoms with Crippen LogP contribution in [0.3, 0.4) is 0 Å². The van der Waals surface area contributed by atoms with Crippen LogP contribution >= 0.6 is 0 Å². The molecule has 1 unspecified atom stereocenters. The molecule has 0 aliphatic heterocycles. The van der Waals surface area contributed by atoms with Crippen LogP contribution in [-0.4, -0.2) is 36.0 Å². The Kier molecular flexibility index (Phi) is 4.56. The van der Waals surface area contributed by atoms with Crippen LogP contribution in [0.15, 0.2) is 48.5 Å². The number of carboxylic acids is 1. The fourth-order valence-electron chi connectivity index (χ4n) is 2.16. The maximum Gasteiger partial charge on any atom is 0.320 e. The Morgan fingerprint density at radius 2 is 1.41 bits per heavy atom. The van der Waals surface area contributed by atoms with Crippen molar-refractivity contribution in [1.29, 1.82) is 0 Å². The van der Waals surface area contributed by atoms with Gasteiger partial charge in [0.25, 0.3) is 0 Å². The van der Waals surface area contributed by atoms with E-state index in [9.17, 15) is 19.1 Å². The first-order valence-corrected chi connectivity index (χ1v) is 6.70. The van der Waals surface area contributed by atoms with Gasteiger partial charge in [-0.05, 0) is 28.8 Å². The van der Waals surface area contributed by atoms with Crippen LogP contribution in [0.25, 0.3) is 11.1 Å². The molecule has 1 atom stereocenters. The van der Waals surface area contributed by atoms with Crippen molar-refractivity contribution in [3.8, 4) is 11.1 Å². The molecule has 114 valence electrons. The number of halogens is 1. The second-order valence-corrected chi connectivity index (χ2v) is 5.13. The molecule has 22 heavy (non-hydrogen) atoms. The Morgan fingerprint density at radius 3 is 1.82 bits per heavy atom. The van der Waals surface area contributed by atoms with Crippen LogP contribution < -0.4 is 0 Å². The number of rotatable bonds is 4. The lowest BCUT2D eigenvalue weighted by atomic mass is 9.95. The molecule has 2 aromatic carbocycles. The number of amides is 1. The van der Waals surface area contributed by atoms with Crippen LogP contribution in [0.2, 0.25) is 0 Å². The summed E-state index contributed by atoms with van der Waals surface area (Å²) in [5, 5.41) is 9.27. The van der Waals surface area contributed by atoms with Crippen molar-refractivity contribution >= 4 is 11.9 Å². The Hall–Kier alpha value is -2.69. The number of carbonyl (C=O) groups is 2. The second-order valence-electron chi connectivity index (χ2n) is 5.13. The summed E-state index contributed by atoms with van der Waals surface area (Å²) in [5.74, 6) is -3.21. The van der Waals surface area contributed by atoms with Gasteiger partial charge in [0.1, 0.15) is 5.82 Å². The van der Waals surface area contributed by atoms with Crippen molar-refractivity contribution in [1.82, 2.24) is 4.90 Å². The molecule has 0 radical (unpaired) electrons. The lowest BCUT2D eigenvalue weighted by Gasteiger charge is -2.17. The van der Waals surface area contributed by atoms with Gasteiger partial charge in [0.15, 0.2) is 5.92 Å². The zero-order valence-corrected chi connectivity index (χ0v) is 12.3. The van der Waals surface area contributed by atoms with Gasteiger partial charge in [0.2, 0.25) is 5.91 Å². The number of hydrogen-bond acceptors (Lipinski definition) is 2. The van der Waals surface area contributed by atoms with Gasteiger partial charge < -0.3 is 10.0 Å². The minimum absolute atomic E-state index is 0.317. The molecule has 1 amide bonds. The summed E-state index contributed by atoms with van der Waals surface area (Å²) < 4.78 is 12.9. The number of nitrogens with zero attached hydrogens (tertiary/aromatic N) is 1. The van der Waals surface area contributed by atoms with Gasteiger partial charge in [0, 0.05) is 14.1 Å². The van der Waals surface area contributed by atoms with E-state index in [4.69, 9.17) is 0 Å². The van der Waals surface area contributed by atoms with Crippen LogP contribution in [-0.2, 0) is 9.59 Å². The third-order valence-electron chi connectivity index (χ3n) is 3.36. The lowest BCUT2D eigenvalue weighted by Crippen LogP contribution is -2.32. The van der Waals surface area contributed by atoms with Crippen LogP contribution in [0.4, 0.5) is 4.39 Å². The van der Waals surface area contributed by atoms with E-state index >= 15 is 0 Å². The minimum atomic E-state index is -1.22. The van der Waals surface area contributed by atoms with Crippen LogP contribution in [0, 0.1) is 5.82 Å². The monoisotopic (exact) mass is 301 g/mol. The third kappa shape index (κ3) is 3.31. The molecule has 0 fully saturated rings. The van der Waals surface area contributed by atoms with Crippen LogP contribution in [0.5, 0.6) is 0 Å². The highest BCUT2D eigenvalue weighted by molar-refractivity contribution is 6.02. The summed E-state index contributed by atoms with van der Waals surface area (Å²) in [6.07, 6.45) is 0. The van der Waals surface area contributed by atoms with E-state index in [2.05, 4.69) is 0 Å². The van der Waals surface area contributed by atoms with E-state index in [0.717, 1.165) is 11.1 Å². The van der Waals surface area contributed by atoms with Crippen molar-refractivity contribution in [2.24, 2.45) is 0 Å². The molecule has 0 heterocycles. The number of carbonyl (C=O) groups excluding carboxylic acids is 1. The van der Waals surface area contributed by atoms with Gasteiger partial charge in [-0.25, -0.2) is 4.39 Å². The van der Waals surface area contributed by atoms with Gasteiger partial charge in [-0.2, -0.15) is 0 Å². The van der Waals surface area contributed by atoms with E-state index in [1.807, 2.05) is 0 Å². The fourth-order valence-corrected chi connectivity index (χ4v) is 2.16. The second kappa shape index (κ2) is 6.39. The number of hydrogen-bond donors (Lipinski definition) is 1. The number of aliphatic carboxylic acids is 1. The Bertz CT molecular complexity index is 678. The van der Waals surface area contributed by atoms with E-state index in [1.54, 1.807) is 36.4 Å². The molecule has 0 saturated heterocycles. The molecule has 0 aliphatic carbocycles. The third-order valence-corrected chi connectivity index (χ3v) is 3.36. The Labute approximate surface area is 127 Å². The predicted molar refractivity (Wildman–Crippen MR) is 80.9 cm³/mol. The highest BCUT2D eigenvalue weighted by Gasteiger charge is 2.29. The Balaban J connectivity index is 2.32. The van der Waals surface area contributed by atoms with E-state index in [1.165, 1.54) is 31.1 Å². The molecular formula is C17H16FNO3. The number of carboxylic acid groups (broad SMARTS) is 1. The van der Waals surface area contributed by atoms with Crippen molar-refractivity contribution in [3.05, 3.63) is 59.9 Å². The van der Waals surface area contributed by atoms with Gasteiger partial charge in [0.05, 0.1) is 0 Å². The van der Waals surface area contributed by atoms with E-state index in [-0.39, 0.29) is 5.82 Å². The number of likely N-dealkylation sites (N-methyl/N-ethyl adjacent to an activating group) is 1. The first kappa shape index (κ1) is 15.7. The van der Waals surface area contributed by atoms with Crippen molar-refractivity contribution in [3.63, 3.8) is 0 Å². The first-order valence-electron chi connectivity index (χ1n) is 6.70. The molecule has 1 N–H and O–H groups in total. The van der Waals surface area contributed by atoms with Gasteiger partial charge in [-0.15, -0.1) is 0 Å². The fraction of sp³-hybridized carbons (Fsp3) is 0.176. The molecule has 2 aromatic rings. The molecule has 2 rings (SSSR count). The minimum Gasteiger partial charge on any atom is -0.480 e. The average Bonchev–Trinajstić information content (AvgIpc) is 2.48. The maximum atomic E-state index is 12.9. The zero-order chi connectivity index (χ0) is 16.3. The number of benzene rings is 2. The summed E-state index contributed by atoms with van der Waals surface area (Å²) in [7, 11) is 3.04. The van der Waals surface area contributed by atoms with Crippen LogP contribution in [0.1, 0.15) is 11.5 Å². The predicted octanol–water partition coefficient (Wildman–Crippen LogP) is 2.75. The molecule has 0 bridgehead atoms. The van der Waals surface area contributed by atoms with Gasteiger partial charge >= 0.3 is 5.97 Å². The quantitative estimate of drug-likeness (QED) is 0.883. The van der Waals surface area contributed by atoms with E-state index in [0.29, 0.717) is 5.56 Å². The lowest BCUT2D eigenvalue weighted by molar-refractivity contribution is -0.145. The standard InChI is InChI=1S/C17H16FNO3/c1-19(2)16(20)15(17(21)22)13-5-3-11(4-6-13)12-7-9-14(18)10-8-12/h3-10,15H,1-2H3,(H,21,22). The summed E-state index contributed by atoms with van der Waals surface area (Å²) in [4.78, 5) is 24.6. The highest BCUT2D eigenvalue weighted by atomic mass is 19.1.